The molecule has 0 N–H and O–H groups in total. The van der Waals surface area contributed by atoms with E-state index in [1.165, 1.54) is 12.0 Å². The first kappa shape index (κ1) is 14.2. The molecule has 2 aliphatic rings. The van der Waals surface area contributed by atoms with Gasteiger partial charge in [-0.3, -0.25) is 4.90 Å². The summed E-state index contributed by atoms with van der Waals surface area (Å²) in [5, 5.41) is 0.769. The average molecular weight is 296 g/mol. The SMILES string of the molecule is C[C@@H]1C[C@H](C)CN(Cc2cc(Cl)cc3c2OCOC3)C1. The van der Waals surface area contributed by atoms with Crippen molar-refractivity contribution >= 4 is 11.6 Å². The maximum atomic E-state index is 6.23. The van der Waals surface area contributed by atoms with Crippen molar-refractivity contribution in [3.63, 3.8) is 0 Å². The fraction of sp³-hybridized carbons (Fsp3) is 0.625. The topological polar surface area (TPSA) is 21.7 Å². The summed E-state index contributed by atoms with van der Waals surface area (Å²) in [4.78, 5) is 2.52. The molecule has 1 saturated heterocycles. The molecule has 0 saturated carbocycles. The molecule has 3 rings (SSSR count). The van der Waals surface area contributed by atoms with Crippen molar-refractivity contribution < 1.29 is 9.47 Å². The van der Waals surface area contributed by atoms with E-state index in [2.05, 4.69) is 18.7 Å². The number of benzene rings is 1. The number of ether oxygens (including phenoxy) is 2. The zero-order valence-electron chi connectivity index (χ0n) is 12.2. The summed E-state index contributed by atoms with van der Waals surface area (Å²) in [6.07, 6.45) is 1.33. The van der Waals surface area contributed by atoms with E-state index in [4.69, 9.17) is 21.1 Å². The zero-order chi connectivity index (χ0) is 14.1. The Labute approximate surface area is 125 Å². The van der Waals surface area contributed by atoms with Gasteiger partial charge >= 0.3 is 0 Å². The lowest BCUT2D eigenvalue weighted by atomic mass is 9.91. The number of likely N-dealkylation sites (tertiary alicyclic amines) is 1. The van der Waals surface area contributed by atoms with E-state index in [1.807, 2.05) is 12.1 Å². The Morgan fingerprint density at radius 2 is 2.00 bits per heavy atom. The predicted molar refractivity (Wildman–Crippen MR) is 80.0 cm³/mol. The minimum atomic E-state index is 0.342. The lowest BCUT2D eigenvalue weighted by Gasteiger charge is -2.35. The fourth-order valence-electron chi connectivity index (χ4n) is 3.54. The van der Waals surface area contributed by atoms with Crippen molar-refractivity contribution in [2.45, 2.75) is 33.4 Å². The number of fused-ring (bicyclic) bond motifs is 1. The monoisotopic (exact) mass is 295 g/mol. The quantitative estimate of drug-likeness (QED) is 0.831. The van der Waals surface area contributed by atoms with E-state index in [1.54, 1.807) is 0 Å². The van der Waals surface area contributed by atoms with Crippen LogP contribution in [0.3, 0.4) is 0 Å². The maximum absolute atomic E-state index is 6.23. The standard InChI is InChI=1S/C16H22ClNO2/c1-11-3-12(2)7-18(6-11)8-13-4-15(17)5-14-9-19-10-20-16(13)14/h4-5,11-12H,3,6-10H2,1-2H3/t11-,12+. The van der Waals surface area contributed by atoms with Crippen LogP contribution in [-0.2, 0) is 17.9 Å². The molecule has 20 heavy (non-hydrogen) atoms. The first-order chi connectivity index (χ1) is 9.61. The molecule has 1 aromatic rings. The Balaban J connectivity index is 1.81. The molecule has 2 aliphatic heterocycles. The van der Waals surface area contributed by atoms with Gasteiger partial charge < -0.3 is 9.47 Å². The van der Waals surface area contributed by atoms with Gasteiger partial charge in [0.15, 0.2) is 6.79 Å². The lowest BCUT2D eigenvalue weighted by molar-refractivity contribution is -0.0177. The van der Waals surface area contributed by atoms with Gasteiger partial charge in [-0.05, 0) is 30.4 Å². The zero-order valence-corrected chi connectivity index (χ0v) is 12.9. The molecule has 0 bridgehead atoms. The molecule has 3 nitrogen and oxygen atoms in total. The molecule has 0 unspecified atom stereocenters. The number of hydrogen-bond acceptors (Lipinski definition) is 3. The Bertz CT molecular complexity index is 482. The second-order valence-electron chi connectivity index (χ2n) is 6.30. The van der Waals surface area contributed by atoms with Crippen molar-refractivity contribution in [1.29, 1.82) is 0 Å². The minimum absolute atomic E-state index is 0.342. The van der Waals surface area contributed by atoms with Crippen LogP contribution in [0.4, 0.5) is 0 Å². The largest absolute Gasteiger partial charge is 0.467 e. The van der Waals surface area contributed by atoms with Gasteiger partial charge in [0, 0.05) is 35.8 Å². The van der Waals surface area contributed by atoms with Crippen LogP contribution in [0.5, 0.6) is 5.75 Å². The highest BCUT2D eigenvalue weighted by atomic mass is 35.5. The van der Waals surface area contributed by atoms with Crippen LogP contribution < -0.4 is 4.74 Å². The first-order valence-electron chi connectivity index (χ1n) is 7.36. The van der Waals surface area contributed by atoms with Crippen LogP contribution in [0, 0.1) is 11.8 Å². The van der Waals surface area contributed by atoms with Crippen LogP contribution in [0.15, 0.2) is 12.1 Å². The van der Waals surface area contributed by atoms with Crippen molar-refractivity contribution in [3.05, 3.63) is 28.3 Å². The number of halogens is 1. The minimum Gasteiger partial charge on any atom is -0.467 e. The van der Waals surface area contributed by atoms with Crippen LogP contribution in [0.2, 0.25) is 5.02 Å². The molecule has 2 heterocycles. The van der Waals surface area contributed by atoms with E-state index in [-0.39, 0.29) is 0 Å². The molecule has 110 valence electrons. The van der Waals surface area contributed by atoms with E-state index in [0.717, 1.165) is 47.8 Å². The van der Waals surface area contributed by atoms with Gasteiger partial charge in [-0.1, -0.05) is 25.4 Å². The van der Waals surface area contributed by atoms with E-state index in [9.17, 15) is 0 Å². The van der Waals surface area contributed by atoms with Crippen molar-refractivity contribution in [2.24, 2.45) is 11.8 Å². The van der Waals surface area contributed by atoms with Crippen molar-refractivity contribution in [3.8, 4) is 5.75 Å². The van der Waals surface area contributed by atoms with Gasteiger partial charge in [0.1, 0.15) is 5.75 Å². The highest BCUT2D eigenvalue weighted by Gasteiger charge is 2.24. The van der Waals surface area contributed by atoms with Crippen LogP contribution >= 0.6 is 11.6 Å². The van der Waals surface area contributed by atoms with Gasteiger partial charge in [0.25, 0.3) is 0 Å². The Morgan fingerprint density at radius 3 is 2.75 bits per heavy atom. The van der Waals surface area contributed by atoms with Gasteiger partial charge in [-0.25, -0.2) is 0 Å². The summed E-state index contributed by atoms with van der Waals surface area (Å²) >= 11 is 6.23. The highest BCUT2D eigenvalue weighted by Crippen LogP contribution is 2.33. The average Bonchev–Trinajstić information content (AvgIpc) is 2.37. The van der Waals surface area contributed by atoms with Crippen LogP contribution in [0.1, 0.15) is 31.4 Å². The maximum Gasteiger partial charge on any atom is 0.189 e. The summed E-state index contributed by atoms with van der Waals surface area (Å²) in [5.74, 6) is 2.50. The molecule has 0 aliphatic carbocycles. The van der Waals surface area contributed by atoms with Crippen molar-refractivity contribution in [1.82, 2.24) is 4.90 Å². The third-order valence-electron chi connectivity index (χ3n) is 4.09. The molecule has 1 aromatic carbocycles. The Morgan fingerprint density at radius 1 is 1.25 bits per heavy atom. The summed E-state index contributed by atoms with van der Waals surface area (Å²) in [7, 11) is 0. The first-order valence-corrected chi connectivity index (χ1v) is 7.74. The second-order valence-corrected chi connectivity index (χ2v) is 6.74. The molecular formula is C16H22ClNO2. The number of piperidine rings is 1. The van der Waals surface area contributed by atoms with Crippen LogP contribution in [0.25, 0.3) is 0 Å². The third kappa shape index (κ3) is 3.11. The predicted octanol–water partition coefficient (Wildman–Crippen LogP) is 3.68. The van der Waals surface area contributed by atoms with E-state index in [0.29, 0.717) is 13.4 Å². The fourth-order valence-corrected chi connectivity index (χ4v) is 3.80. The lowest BCUT2D eigenvalue weighted by Crippen LogP contribution is -2.38. The Hall–Kier alpha value is -0.770. The summed E-state index contributed by atoms with van der Waals surface area (Å²) in [5.41, 5.74) is 2.26. The normalized spacial score (nSPS) is 26.9. The van der Waals surface area contributed by atoms with Gasteiger partial charge in [-0.2, -0.15) is 0 Å². The molecule has 1 fully saturated rings. The Kier molecular flexibility index (Phi) is 4.20. The number of nitrogens with zero attached hydrogens (tertiary/aromatic N) is 1. The number of rotatable bonds is 2. The molecule has 0 spiro atoms. The van der Waals surface area contributed by atoms with Gasteiger partial charge in [0.2, 0.25) is 0 Å². The molecule has 4 heteroatoms. The molecule has 0 amide bonds. The van der Waals surface area contributed by atoms with Gasteiger partial charge in [0.05, 0.1) is 6.61 Å². The van der Waals surface area contributed by atoms with Crippen molar-refractivity contribution in [2.75, 3.05) is 19.9 Å². The van der Waals surface area contributed by atoms with E-state index >= 15 is 0 Å². The summed E-state index contributed by atoms with van der Waals surface area (Å²) in [6.45, 7) is 8.83. The molecule has 0 radical (unpaired) electrons. The third-order valence-corrected chi connectivity index (χ3v) is 4.31. The van der Waals surface area contributed by atoms with Crippen LogP contribution in [-0.4, -0.2) is 24.8 Å². The van der Waals surface area contributed by atoms with E-state index < -0.39 is 0 Å². The molecule has 0 aromatic heterocycles. The smallest absolute Gasteiger partial charge is 0.189 e. The molecule has 2 atom stereocenters. The van der Waals surface area contributed by atoms with Gasteiger partial charge in [-0.15, -0.1) is 0 Å². The second kappa shape index (κ2) is 5.92. The summed E-state index contributed by atoms with van der Waals surface area (Å²) < 4.78 is 11.0. The summed E-state index contributed by atoms with van der Waals surface area (Å²) in [6, 6.07) is 3.98. The molecular weight excluding hydrogens is 274 g/mol. The highest BCUT2D eigenvalue weighted by molar-refractivity contribution is 6.30. The number of hydrogen-bond donors (Lipinski definition) is 0.